The molecule has 0 atom stereocenters. The fourth-order valence-corrected chi connectivity index (χ4v) is 7.29. The molecule has 0 N–H and O–H groups in total. The number of hydrogen-bond donors (Lipinski definition) is 0. The van der Waals surface area contributed by atoms with Gasteiger partial charge in [-0.25, -0.2) is 0 Å². The molecule has 0 spiro atoms. The van der Waals surface area contributed by atoms with E-state index >= 15 is 0 Å². The number of hydrogen-bond acceptors (Lipinski definition) is 1. The minimum absolute atomic E-state index is 0.923. The summed E-state index contributed by atoms with van der Waals surface area (Å²) in [7, 11) is 0. The van der Waals surface area contributed by atoms with Crippen LogP contribution in [0.5, 0.6) is 0 Å². The van der Waals surface area contributed by atoms with Crippen molar-refractivity contribution in [1.29, 1.82) is 0 Å². The van der Waals surface area contributed by atoms with Gasteiger partial charge >= 0.3 is 0 Å². The second-order valence-corrected chi connectivity index (χ2v) is 11.3. The summed E-state index contributed by atoms with van der Waals surface area (Å²) in [5.41, 5.74) is 13.0. The Morgan fingerprint density at radius 2 is 1.10 bits per heavy atom. The van der Waals surface area contributed by atoms with Crippen molar-refractivity contribution in [2.24, 2.45) is 0 Å². The van der Waals surface area contributed by atoms with Crippen LogP contribution in [0.3, 0.4) is 0 Å². The maximum atomic E-state index is 6.68. The van der Waals surface area contributed by atoms with Crippen LogP contribution in [0, 0.1) is 0 Å². The van der Waals surface area contributed by atoms with Crippen molar-refractivity contribution in [3.05, 3.63) is 140 Å². The van der Waals surface area contributed by atoms with Crippen molar-refractivity contribution >= 4 is 54.5 Å². The first kappa shape index (κ1) is 22.1. The maximum absolute atomic E-state index is 6.68. The highest BCUT2D eigenvalue weighted by Crippen LogP contribution is 2.50. The molecule has 0 bridgehead atoms. The fourth-order valence-electron chi connectivity index (χ4n) is 7.29. The third-order valence-electron chi connectivity index (χ3n) is 9.12. The third-order valence-corrected chi connectivity index (χ3v) is 9.12. The SMILES string of the molecule is c1ccc(-n2c3ccccc3c3cc(-c4ccc5c(c4)oc4c6cccc7c6c(cc54)-c4ccccc4-7)ccc32)cc1. The number of furan rings is 1. The fraction of sp³-hybridized carbons (Fsp3) is 0. The molecule has 9 aromatic rings. The summed E-state index contributed by atoms with van der Waals surface area (Å²) in [6.07, 6.45) is 0. The molecule has 0 saturated heterocycles. The lowest BCUT2D eigenvalue weighted by molar-refractivity contribution is 0.673. The van der Waals surface area contributed by atoms with Crippen LogP contribution >= 0.6 is 0 Å². The zero-order chi connectivity index (χ0) is 27.4. The summed E-state index contributed by atoms with van der Waals surface area (Å²) in [5, 5.41) is 7.32. The predicted molar refractivity (Wildman–Crippen MR) is 175 cm³/mol. The van der Waals surface area contributed by atoms with Gasteiger partial charge in [0.2, 0.25) is 0 Å². The van der Waals surface area contributed by atoms with Crippen molar-refractivity contribution in [1.82, 2.24) is 4.57 Å². The molecule has 1 aliphatic carbocycles. The number of para-hydroxylation sites is 2. The highest BCUT2D eigenvalue weighted by Gasteiger charge is 2.24. The lowest BCUT2D eigenvalue weighted by Crippen LogP contribution is -1.92. The lowest BCUT2D eigenvalue weighted by atomic mass is 9.98. The zero-order valence-corrected chi connectivity index (χ0v) is 22.6. The van der Waals surface area contributed by atoms with Gasteiger partial charge in [0.15, 0.2) is 0 Å². The summed E-state index contributed by atoms with van der Waals surface area (Å²) in [4.78, 5) is 0. The largest absolute Gasteiger partial charge is 0.455 e. The smallest absolute Gasteiger partial charge is 0.143 e. The average molecular weight is 534 g/mol. The predicted octanol–water partition coefficient (Wildman–Crippen LogP) is 11.2. The first-order valence-electron chi connectivity index (χ1n) is 14.4. The summed E-state index contributed by atoms with van der Waals surface area (Å²) in [6.45, 7) is 0. The second-order valence-electron chi connectivity index (χ2n) is 11.3. The number of rotatable bonds is 2. The van der Waals surface area contributed by atoms with E-state index in [1.54, 1.807) is 0 Å². The molecule has 0 aliphatic heterocycles. The first-order chi connectivity index (χ1) is 20.8. The number of benzene rings is 7. The molecule has 2 aromatic heterocycles. The van der Waals surface area contributed by atoms with Crippen LogP contribution < -0.4 is 0 Å². The van der Waals surface area contributed by atoms with E-state index in [-0.39, 0.29) is 0 Å². The molecule has 0 radical (unpaired) electrons. The summed E-state index contributed by atoms with van der Waals surface area (Å²) < 4.78 is 9.04. The molecule has 0 saturated carbocycles. The molecule has 194 valence electrons. The topological polar surface area (TPSA) is 18.1 Å². The van der Waals surface area contributed by atoms with E-state index in [1.165, 1.54) is 71.5 Å². The number of nitrogens with zero attached hydrogens (tertiary/aromatic N) is 1. The highest BCUT2D eigenvalue weighted by atomic mass is 16.3. The Bertz CT molecular complexity index is 2560. The van der Waals surface area contributed by atoms with E-state index in [2.05, 4.69) is 144 Å². The standard InChI is InChI=1S/C40H23NO/c1-2-9-26(10-3-1)41-36-16-7-6-13-29(36)33-21-24(18-20-37(33)41)25-17-19-30-35-23-34-28-12-5-4-11-27(28)31-14-8-15-32(39(31)34)40(35)42-38(30)22-25/h1-23H. The molecule has 0 fully saturated rings. The van der Waals surface area contributed by atoms with Gasteiger partial charge in [0, 0.05) is 38.0 Å². The van der Waals surface area contributed by atoms with Crippen LogP contribution in [0.4, 0.5) is 0 Å². The zero-order valence-electron chi connectivity index (χ0n) is 22.6. The number of aromatic nitrogens is 1. The molecule has 7 aromatic carbocycles. The van der Waals surface area contributed by atoms with Crippen molar-refractivity contribution in [3.8, 4) is 39.1 Å². The molecule has 2 heteroatoms. The maximum Gasteiger partial charge on any atom is 0.143 e. The van der Waals surface area contributed by atoms with E-state index < -0.39 is 0 Å². The molecule has 1 aliphatic rings. The van der Waals surface area contributed by atoms with Gasteiger partial charge in [-0.3, -0.25) is 0 Å². The highest BCUT2D eigenvalue weighted by molar-refractivity contribution is 6.26. The van der Waals surface area contributed by atoms with E-state index in [1.807, 2.05) is 0 Å². The van der Waals surface area contributed by atoms with Crippen molar-refractivity contribution in [2.45, 2.75) is 0 Å². The molecular formula is C40H23NO. The third kappa shape index (κ3) is 2.83. The summed E-state index contributed by atoms with van der Waals surface area (Å²) >= 11 is 0. The molecule has 0 unspecified atom stereocenters. The van der Waals surface area contributed by atoms with E-state index in [0.717, 1.165) is 22.1 Å². The van der Waals surface area contributed by atoms with Gasteiger partial charge in [-0.05, 0) is 81.9 Å². The number of fused-ring (bicyclic) bond motifs is 10. The van der Waals surface area contributed by atoms with Crippen molar-refractivity contribution in [2.75, 3.05) is 0 Å². The van der Waals surface area contributed by atoms with Gasteiger partial charge in [-0.2, -0.15) is 0 Å². The van der Waals surface area contributed by atoms with Crippen LogP contribution in [0.1, 0.15) is 0 Å². The van der Waals surface area contributed by atoms with Gasteiger partial charge in [-0.1, -0.05) is 91.0 Å². The normalized spacial score (nSPS) is 12.3. The Morgan fingerprint density at radius 3 is 2.00 bits per heavy atom. The minimum Gasteiger partial charge on any atom is -0.455 e. The quantitative estimate of drug-likeness (QED) is 0.216. The van der Waals surface area contributed by atoms with Crippen LogP contribution in [0.25, 0.3) is 93.6 Å². The summed E-state index contributed by atoms with van der Waals surface area (Å²) in [5.74, 6) is 0. The first-order valence-corrected chi connectivity index (χ1v) is 14.4. The molecule has 42 heavy (non-hydrogen) atoms. The van der Waals surface area contributed by atoms with Crippen LogP contribution in [-0.4, -0.2) is 4.57 Å². The van der Waals surface area contributed by atoms with E-state index in [0.29, 0.717) is 0 Å². The van der Waals surface area contributed by atoms with Gasteiger partial charge < -0.3 is 8.98 Å². The Hall–Kier alpha value is -5.60. The molecule has 2 nitrogen and oxygen atoms in total. The Balaban J connectivity index is 1.18. The molecule has 0 amide bonds. The Labute approximate surface area is 241 Å². The molecule has 2 heterocycles. The molecular weight excluding hydrogens is 510 g/mol. The van der Waals surface area contributed by atoms with Crippen molar-refractivity contribution in [3.63, 3.8) is 0 Å². The molecule has 10 rings (SSSR count). The average Bonchev–Trinajstić information content (AvgIpc) is 3.70. The Kier molecular flexibility index (Phi) is 4.21. The lowest BCUT2D eigenvalue weighted by Gasteiger charge is -2.08. The monoisotopic (exact) mass is 533 g/mol. The van der Waals surface area contributed by atoms with Gasteiger partial charge in [0.1, 0.15) is 11.2 Å². The Morgan fingerprint density at radius 1 is 0.405 bits per heavy atom. The van der Waals surface area contributed by atoms with Crippen LogP contribution in [0.15, 0.2) is 144 Å². The van der Waals surface area contributed by atoms with Crippen molar-refractivity contribution < 1.29 is 4.42 Å². The van der Waals surface area contributed by atoms with Crippen LogP contribution in [0.2, 0.25) is 0 Å². The van der Waals surface area contributed by atoms with Gasteiger partial charge in [0.25, 0.3) is 0 Å². The second kappa shape index (κ2) is 7.99. The van der Waals surface area contributed by atoms with E-state index in [9.17, 15) is 0 Å². The van der Waals surface area contributed by atoms with Crippen LogP contribution in [-0.2, 0) is 0 Å². The van der Waals surface area contributed by atoms with Gasteiger partial charge in [0.05, 0.1) is 11.0 Å². The van der Waals surface area contributed by atoms with E-state index in [4.69, 9.17) is 4.42 Å². The summed E-state index contributed by atoms with van der Waals surface area (Å²) in [6, 6.07) is 50.4. The minimum atomic E-state index is 0.923. The van der Waals surface area contributed by atoms with Gasteiger partial charge in [-0.15, -0.1) is 0 Å².